The monoisotopic (exact) mass is 366 g/mol. The van der Waals surface area contributed by atoms with Crippen molar-refractivity contribution in [3.05, 3.63) is 71.8 Å². The van der Waals surface area contributed by atoms with Gasteiger partial charge < -0.3 is 15.0 Å². The molecule has 5 nitrogen and oxygen atoms in total. The minimum absolute atomic E-state index is 0.0394. The molecule has 0 bridgehead atoms. The van der Waals surface area contributed by atoms with Crippen molar-refractivity contribution in [1.29, 1.82) is 0 Å². The molecular weight excluding hydrogens is 340 g/mol. The Kier molecular flexibility index (Phi) is 7.62. The van der Waals surface area contributed by atoms with Crippen molar-refractivity contribution in [1.82, 2.24) is 10.2 Å². The maximum Gasteiger partial charge on any atom is 0.259 e. The summed E-state index contributed by atoms with van der Waals surface area (Å²) in [6, 6.07) is 16.9. The number of hydrogen-bond acceptors (Lipinski definition) is 3. The second-order valence-electron chi connectivity index (χ2n) is 6.33. The molecule has 142 valence electrons. The van der Waals surface area contributed by atoms with E-state index in [2.05, 4.69) is 5.32 Å². The number of nitrogens with one attached hydrogen (secondary N) is 1. The summed E-state index contributed by atoms with van der Waals surface area (Å²) < 4.78 is 5.69. The summed E-state index contributed by atoms with van der Waals surface area (Å²) in [5.74, 6) is 0.310. The normalized spacial score (nSPS) is 11.8. The Morgan fingerprint density at radius 3 is 2.41 bits per heavy atom. The van der Waals surface area contributed by atoms with Crippen molar-refractivity contribution in [3.8, 4) is 5.75 Å². The molecule has 1 N–H and O–H groups in total. The molecule has 2 rings (SSSR count). The highest BCUT2D eigenvalue weighted by Gasteiger charge is 2.17. The number of rotatable bonds is 8. The van der Waals surface area contributed by atoms with Crippen LogP contribution in [0.25, 0.3) is 6.08 Å². The number of carbonyl (C=O) groups excluding carboxylic acids is 2. The second-order valence-corrected chi connectivity index (χ2v) is 6.33. The highest BCUT2D eigenvalue weighted by molar-refractivity contribution is 5.92. The SMILES string of the molecule is CCC(NC(=O)/C=C\c1ccccc1)c1ccccc1OCC(=O)N(C)C. The molecule has 0 saturated heterocycles. The van der Waals surface area contributed by atoms with E-state index >= 15 is 0 Å². The Labute approximate surface area is 160 Å². The quantitative estimate of drug-likeness (QED) is 0.728. The number of carbonyl (C=O) groups is 2. The molecule has 2 amide bonds. The Morgan fingerprint density at radius 1 is 1.07 bits per heavy atom. The Hall–Kier alpha value is -3.08. The molecule has 0 aliphatic heterocycles. The van der Waals surface area contributed by atoms with Crippen LogP contribution in [0.15, 0.2) is 60.7 Å². The number of likely N-dealkylation sites (N-methyl/N-ethyl adjacent to an activating group) is 1. The highest BCUT2D eigenvalue weighted by Crippen LogP contribution is 2.27. The number of benzene rings is 2. The smallest absolute Gasteiger partial charge is 0.259 e. The first-order valence-corrected chi connectivity index (χ1v) is 8.96. The third-order valence-electron chi connectivity index (χ3n) is 4.10. The molecule has 0 heterocycles. The summed E-state index contributed by atoms with van der Waals surface area (Å²) in [6.45, 7) is 1.95. The fourth-order valence-electron chi connectivity index (χ4n) is 2.52. The van der Waals surface area contributed by atoms with Crippen LogP contribution in [-0.4, -0.2) is 37.4 Å². The number of hydrogen-bond donors (Lipinski definition) is 1. The van der Waals surface area contributed by atoms with Crippen LogP contribution in [0.1, 0.15) is 30.5 Å². The highest BCUT2D eigenvalue weighted by atomic mass is 16.5. The second kappa shape index (κ2) is 10.2. The molecule has 5 heteroatoms. The van der Waals surface area contributed by atoms with E-state index in [0.29, 0.717) is 12.2 Å². The van der Waals surface area contributed by atoms with Gasteiger partial charge in [-0.3, -0.25) is 9.59 Å². The lowest BCUT2D eigenvalue weighted by atomic mass is 10.0. The average Bonchev–Trinajstić information content (AvgIpc) is 2.69. The van der Waals surface area contributed by atoms with Crippen molar-refractivity contribution in [2.75, 3.05) is 20.7 Å². The van der Waals surface area contributed by atoms with Crippen molar-refractivity contribution >= 4 is 17.9 Å². The van der Waals surface area contributed by atoms with Crippen molar-refractivity contribution in [3.63, 3.8) is 0 Å². The van der Waals surface area contributed by atoms with Crippen LogP contribution in [0.4, 0.5) is 0 Å². The minimum Gasteiger partial charge on any atom is -0.483 e. The van der Waals surface area contributed by atoms with Gasteiger partial charge in [0.2, 0.25) is 5.91 Å². The van der Waals surface area contributed by atoms with Crippen LogP contribution in [0.5, 0.6) is 5.75 Å². The van der Waals surface area contributed by atoms with E-state index in [1.165, 1.54) is 11.0 Å². The summed E-state index contributed by atoms with van der Waals surface area (Å²) >= 11 is 0. The van der Waals surface area contributed by atoms with Crippen LogP contribution in [0.2, 0.25) is 0 Å². The number of nitrogens with zero attached hydrogens (tertiary/aromatic N) is 1. The molecule has 0 spiro atoms. The van der Waals surface area contributed by atoms with Crippen LogP contribution in [-0.2, 0) is 9.59 Å². The molecular formula is C22H26N2O3. The van der Waals surface area contributed by atoms with Crippen molar-refractivity contribution in [2.45, 2.75) is 19.4 Å². The Balaban J connectivity index is 2.07. The lowest BCUT2D eigenvalue weighted by molar-refractivity contribution is -0.130. The summed E-state index contributed by atoms with van der Waals surface area (Å²) in [5.41, 5.74) is 1.82. The fraction of sp³-hybridized carbons (Fsp3) is 0.273. The van der Waals surface area contributed by atoms with Gasteiger partial charge in [-0.1, -0.05) is 55.5 Å². The first-order chi connectivity index (χ1) is 13.0. The summed E-state index contributed by atoms with van der Waals surface area (Å²) in [7, 11) is 3.37. The van der Waals surface area contributed by atoms with E-state index in [0.717, 1.165) is 11.1 Å². The van der Waals surface area contributed by atoms with Gasteiger partial charge in [-0.25, -0.2) is 0 Å². The molecule has 2 aromatic carbocycles. The van der Waals surface area contributed by atoms with Gasteiger partial charge in [0.25, 0.3) is 5.91 Å². The van der Waals surface area contributed by atoms with Gasteiger partial charge in [-0.05, 0) is 24.1 Å². The van der Waals surface area contributed by atoms with Gasteiger partial charge >= 0.3 is 0 Å². The predicted molar refractivity (Wildman–Crippen MR) is 107 cm³/mol. The number of para-hydroxylation sites is 1. The zero-order valence-corrected chi connectivity index (χ0v) is 16.0. The van der Waals surface area contributed by atoms with Crippen molar-refractivity contribution < 1.29 is 14.3 Å². The average molecular weight is 366 g/mol. The maximum absolute atomic E-state index is 12.3. The summed E-state index contributed by atoms with van der Waals surface area (Å²) in [6.07, 6.45) is 4.00. The zero-order chi connectivity index (χ0) is 19.6. The van der Waals surface area contributed by atoms with Gasteiger partial charge in [0.15, 0.2) is 6.61 Å². The van der Waals surface area contributed by atoms with E-state index < -0.39 is 0 Å². The zero-order valence-electron chi connectivity index (χ0n) is 16.0. The van der Waals surface area contributed by atoms with E-state index in [-0.39, 0.29) is 24.5 Å². The molecule has 0 aromatic heterocycles. The van der Waals surface area contributed by atoms with E-state index in [4.69, 9.17) is 4.74 Å². The lowest BCUT2D eigenvalue weighted by Crippen LogP contribution is -2.29. The molecule has 0 aliphatic rings. The molecule has 1 atom stereocenters. The number of ether oxygens (including phenoxy) is 1. The van der Waals surface area contributed by atoms with Crippen LogP contribution in [0, 0.1) is 0 Å². The van der Waals surface area contributed by atoms with E-state index in [1.807, 2.05) is 61.5 Å². The minimum atomic E-state index is -0.205. The standard InChI is InChI=1S/C22H26N2O3/c1-4-19(23-21(25)15-14-17-10-6-5-7-11-17)18-12-8-9-13-20(18)27-16-22(26)24(2)3/h5-15,19H,4,16H2,1-3H3,(H,23,25)/b15-14-. The largest absolute Gasteiger partial charge is 0.483 e. The van der Waals surface area contributed by atoms with E-state index in [9.17, 15) is 9.59 Å². The molecule has 0 radical (unpaired) electrons. The van der Waals surface area contributed by atoms with Gasteiger partial charge in [0.1, 0.15) is 5.75 Å². The maximum atomic E-state index is 12.3. The molecule has 2 aromatic rings. The fourth-order valence-corrected chi connectivity index (χ4v) is 2.52. The van der Waals surface area contributed by atoms with Crippen molar-refractivity contribution in [2.24, 2.45) is 0 Å². The van der Waals surface area contributed by atoms with Crippen LogP contribution >= 0.6 is 0 Å². The Bertz CT molecular complexity index is 785. The van der Waals surface area contributed by atoms with Gasteiger partial charge in [-0.2, -0.15) is 0 Å². The van der Waals surface area contributed by atoms with Gasteiger partial charge in [-0.15, -0.1) is 0 Å². The topological polar surface area (TPSA) is 58.6 Å². The Morgan fingerprint density at radius 2 is 1.74 bits per heavy atom. The first kappa shape index (κ1) is 20.2. The number of amides is 2. The predicted octanol–water partition coefficient (Wildman–Crippen LogP) is 3.43. The lowest BCUT2D eigenvalue weighted by Gasteiger charge is -2.20. The molecule has 0 aliphatic carbocycles. The summed E-state index contributed by atoms with van der Waals surface area (Å²) in [4.78, 5) is 25.6. The third kappa shape index (κ3) is 6.29. The summed E-state index contributed by atoms with van der Waals surface area (Å²) in [5, 5.41) is 3.00. The molecule has 1 unspecified atom stereocenters. The van der Waals surface area contributed by atoms with Crippen LogP contribution < -0.4 is 10.1 Å². The molecule has 0 saturated carbocycles. The molecule has 0 fully saturated rings. The third-order valence-corrected chi connectivity index (χ3v) is 4.10. The van der Waals surface area contributed by atoms with Gasteiger partial charge in [0.05, 0.1) is 6.04 Å². The van der Waals surface area contributed by atoms with Crippen LogP contribution in [0.3, 0.4) is 0 Å². The van der Waals surface area contributed by atoms with E-state index in [1.54, 1.807) is 20.2 Å². The van der Waals surface area contributed by atoms with Gasteiger partial charge in [0, 0.05) is 25.7 Å². The first-order valence-electron chi connectivity index (χ1n) is 8.96. The molecule has 27 heavy (non-hydrogen) atoms.